The highest BCUT2D eigenvalue weighted by Gasteiger charge is 2.05. The molecule has 0 heterocycles. The van der Waals surface area contributed by atoms with E-state index in [0.717, 1.165) is 6.42 Å². The van der Waals surface area contributed by atoms with Gasteiger partial charge in [-0.15, -0.1) is 0 Å². The lowest BCUT2D eigenvalue weighted by molar-refractivity contribution is 0.553. The van der Waals surface area contributed by atoms with E-state index in [1.165, 1.54) is 17.0 Å². The highest BCUT2D eigenvalue weighted by atomic mass is 15.1. The summed E-state index contributed by atoms with van der Waals surface area (Å²) in [6.07, 6.45) is 20.2. The first kappa shape index (κ1) is 14.3. The summed E-state index contributed by atoms with van der Waals surface area (Å²) in [5.41, 5.74) is 3.70. The minimum absolute atomic E-state index is 1.00. The van der Waals surface area contributed by atoms with Gasteiger partial charge in [0.1, 0.15) is 0 Å². The molecule has 0 N–H and O–H groups in total. The zero-order valence-electron chi connectivity index (χ0n) is 11.9. The van der Waals surface area contributed by atoms with Gasteiger partial charge in [0.15, 0.2) is 0 Å². The third-order valence-electron chi connectivity index (χ3n) is 2.63. The topological polar surface area (TPSA) is 3.24 Å². The average Bonchev–Trinajstić information content (AvgIpc) is 2.61. The Balaban J connectivity index is 3.02. The first-order valence-corrected chi connectivity index (χ1v) is 6.40. The van der Waals surface area contributed by atoms with E-state index in [4.69, 9.17) is 0 Å². The van der Waals surface area contributed by atoms with E-state index in [1.54, 1.807) is 0 Å². The van der Waals surface area contributed by atoms with Gasteiger partial charge in [-0.25, -0.2) is 0 Å². The van der Waals surface area contributed by atoms with Crippen molar-refractivity contribution >= 4 is 0 Å². The molecule has 0 fully saturated rings. The zero-order valence-corrected chi connectivity index (χ0v) is 11.9. The zero-order chi connectivity index (χ0) is 13.4. The summed E-state index contributed by atoms with van der Waals surface area (Å²) in [6, 6.07) is 0. The van der Waals surface area contributed by atoms with Crippen LogP contribution in [0.25, 0.3) is 0 Å². The van der Waals surface area contributed by atoms with Gasteiger partial charge >= 0.3 is 0 Å². The van der Waals surface area contributed by atoms with Gasteiger partial charge in [-0.05, 0) is 51.5 Å². The van der Waals surface area contributed by atoms with E-state index < -0.39 is 0 Å². The van der Waals surface area contributed by atoms with E-state index >= 15 is 0 Å². The summed E-state index contributed by atoms with van der Waals surface area (Å²) in [4.78, 5) is 2.21. The summed E-state index contributed by atoms with van der Waals surface area (Å²) in [5.74, 6) is 0. The number of allylic oxidation sites excluding steroid dienone is 10. The van der Waals surface area contributed by atoms with Crippen molar-refractivity contribution in [3.8, 4) is 0 Å². The summed E-state index contributed by atoms with van der Waals surface area (Å²) in [6.45, 7) is 6.27. The van der Waals surface area contributed by atoms with Gasteiger partial charge in [0.2, 0.25) is 0 Å². The second-order valence-electron chi connectivity index (χ2n) is 4.56. The van der Waals surface area contributed by atoms with Crippen LogP contribution >= 0.6 is 0 Å². The van der Waals surface area contributed by atoms with Crippen LogP contribution in [0.4, 0.5) is 0 Å². The maximum atomic E-state index is 2.21. The number of hydrogen-bond acceptors (Lipinski definition) is 1. The van der Waals surface area contributed by atoms with Crippen LogP contribution in [-0.2, 0) is 0 Å². The number of likely N-dealkylation sites (N-methyl/N-ethyl adjacent to an activating group) is 1. The Kier molecular flexibility index (Phi) is 5.99. The monoisotopic (exact) mass is 241 g/mol. The van der Waals surface area contributed by atoms with Gasteiger partial charge in [-0.1, -0.05) is 36.0 Å². The molecule has 1 aliphatic carbocycles. The lowest BCUT2D eigenvalue weighted by atomic mass is 10.2. The third kappa shape index (κ3) is 4.62. The van der Waals surface area contributed by atoms with Gasteiger partial charge in [0, 0.05) is 18.4 Å². The van der Waals surface area contributed by atoms with Gasteiger partial charge in [0.25, 0.3) is 0 Å². The van der Waals surface area contributed by atoms with Crippen LogP contribution in [-0.4, -0.2) is 11.9 Å². The van der Waals surface area contributed by atoms with E-state index in [0.29, 0.717) is 0 Å². The van der Waals surface area contributed by atoms with Gasteiger partial charge in [-0.2, -0.15) is 0 Å². The van der Waals surface area contributed by atoms with Crippen molar-refractivity contribution in [3.63, 3.8) is 0 Å². The Hall–Kier alpha value is -1.76. The molecule has 0 aromatic carbocycles. The Morgan fingerprint density at radius 2 is 2.06 bits per heavy atom. The largest absolute Gasteiger partial charge is 0.345 e. The van der Waals surface area contributed by atoms with Crippen molar-refractivity contribution in [3.05, 3.63) is 71.7 Å². The number of rotatable bonds is 4. The summed E-state index contributed by atoms with van der Waals surface area (Å²) < 4.78 is 0. The molecule has 1 aliphatic rings. The SMILES string of the molecule is C/C=C\C=C(/C=C(C)C)N(C)C1=CC=CCC=C1. The van der Waals surface area contributed by atoms with Crippen LogP contribution in [0.2, 0.25) is 0 Å². The predicted molar refractivity (Wildman–Crippen MR) is 81.1 cm³/mol. The molecule has 1 rings (SSSR count). The van der Waals surface area contributed by atoms with Crippen LogP contribution in [0.1, 0.15) is 27.2 Å². The molecule has 0 unspecified atom stereocenters. The highest BCUT2D eigenvalue weighted by molar-refractivity contribution is 5.34. The molecule has 0 radical (unpaired) electrons. The Morgan fingerprint density at radius 3 is 2.72 bits per heavy atom. The molecule has 0 aromatic heterocycles. The first-order chi connectivity index (χ1) is 8.65. The van der Waals surface area contributed by atoms with Gasteiger partial charge < -0.3 is 4.90 Å². The smallest absolute Gasteiger partial charge is 0.0407 e. The second kappa shape index (κ2) is 7.54. The lowest BCUT2D eigenvalue weighted by Crippen LogP contribution is -2.14. The van der Waals surface area contributed by atoms with E-state index in [9.17, 15) is 0 Å². The van der Waals surface area contributed by atoms with Crippen molar-refractivity contribution in [1.29, 1.82) is 0 Å². The molecule has 0 saturated heterocycles. The maximum Gasteiger partial charge on any atom is 0.0407 e. The Bertz CT molecular complexity index is 438. The minimum atomic E-state index is 1.00. The maximum absolute atomic E-state index is 2.21. The van der Waals surface area contributed by atoms with Crippen molar-refractivity contribution < 1.29 is 0 Å². The summed E-state index contributed by atoms with van der Waals surface area (Å²) in [5, 5.41) is 0. The molecule has 0 amide bonds. The fourth-order valence-electron chi connectivity index (χ4n) is 1.69. The normalized spacial score (nSPS) is 15.6. The molecule has 0 spiro atoms. The van der Waals surface area contributed by atoms with Gasteiger partial charge in [-0.3, -0.25) is 0 Å². The third-order valence-corrected chi connectivity index (χ3v) is 2.63. The molecular formula is C17H23N. The van der Waals surface area contributed by atoms with Crippen molar-refractivity contribution in [2.75, 3.05) is 7.05 Å². The van der Waals surface area contributed by atoms with Crippen molar-refractivity contribution in [1.82, 2.24) is 4.90 Å². The highest BCUT2D eigenvalue weighted by Crippen LogP contribution is 2.17. The molecule has 0 bridgehead atoms. The second-order valence-corrected chi connectivity index (χ2v) is 4.56. The standard InChI is InChI=1S/C17H23N/c1-5-6-11-17(14-15(2)3)18(4)16-12-9-7-8-10-13-16/h5-7,9-14H,8H2,1-4H3/b6-5-,17-11+. The minimum Gasteiger partial charge on any atom is -0.345 e. The molecule has 0 aromatic rings. The van der Waals surface area contributed by atoms with Crippen LogP contribution in [0, 0.1) is 0 Å². The van der Waals surface area contributed by atoms with Crippen LogP contribution in [0.3, 0.4) is 0 Å². The summed E-state index contributed by atoms with van der Waals surface area (Å²) >= 11 is 0. The van der Waals surface area contributed by atoms with Crippen molar-refractivity contribution in [2.24, 2.45) is 0 Å². The number of hydrogen-bond donors (Lipinski definition) is 0. The molecule has 1 nitrogen and oxygen atoms in total. The summed E-state index contributed by atoms with van der Waals surface area (Å²) in [7, 11) is 2.10. The first-order valence-electron chi connectivity index (χ1n) is 6.40. The number of nitrogens with zero attached hydrogens (tertiary/aromatic N) is 1. The molecule has 96 valence electrons. The van der Waals surface area contributed by atoms with Crippen LogP contribution < -0.4 is 0 Å². The fourth-order valence-corrected chi connectivity index (χ4v) is 1.69. The van der Waals surface area contributed by atoms with Crippen LogP contribution in [0.5, 0.6) is 0 Å². The van der Waals surface area contributed by atoms with E-state index in [2.05, 4.69) is 74.4 Å². The molecule has 18 heavy (non-hydrogen) atoms. The quantitative estimate of drug-likeness (QED) is 0.642. The molecule has 0 saturated carbocycles. The Labute approximate surface area is 111 Å². The average molecular weight is 241 g/mol. The fraction of sp³-hybridized carbons (Fsp3) is 0.294. The van der Waals surface area contributed by atoms with E-state index in [-0.39, 0.29) is 0 Å². The molecule has 1 heteroatoms. The van der Waals surface area contributed by atoms with Crippen molar-refractivity contribution in [2.45, 2.75) is 27.2 Å². The predicted octanol–water partition coefficient (Wildman–Crippen LogP) is 4.74. The molecule has 0 aliphatic heterocycles. The van der Waals surface area contributed by atoms with Crippen LogP contribution in [0.15, 0.2) is 71.7 Å². The molecule has 0 atom stereocenters. The van der Waals surface area contributed by atoms with E-state index in [1.807, 2.05) is 13.0 Å². The van der Waals surface area contributed by atoms with Gasteiger partial charge in [0.05, 0.1) is 0 Å². The lowest BCUT2D eigenvalue weighted by Gasteiger charge is -2.21. The Morgan fingerprint density at radius 1 is 1.28 bits per heavy atom. The molecular weight excluding hydrogens is 218 g/mol.